The lowest BCUT2D eigenvalue weighted by Gasteiger charge is -2.15. The van der Waals surface area contributed by atoms with Gasteiger partial charge in [-0.15, -0.1) is 0 Å². The first-order valence-electron chi connectivity index (χ1n) is 6.29. The molecule has 1 aliphatic rings. The number of nitrogens with one attached hydrogen (secondary N) is 1. The van der Waals surface area contributed by atoms with Crippen molar-refractivity contribution < 1.29 is 14.3 Å². The van der Waals surface area contributed by atoms with Gasteiger partial charge in [-0.1, -0.05) is 30.3 Å². The van der Waals surface area contributed by atoms with Gasteiger partial charge < -0.3 is 15.0 Å². The van der Waals surface area contributed by atoms with E-state index < -0.39 is 6.09 Å². The minimum absolute atomic E-state index is 0.0124. The number of carbonyl (C=O) groups is 2. The zero-order valence-corrected chi connectivity index (χ0v) is 10.7. The van der Waals surface area contributed by atoms with Gasteiger partial charge in [-0.3, -0.25) is 4.79 Å². The van der Waals surface area contributed by atoms with Gasteiger partial charge in [0.15, 0.2) is 0 Å². The molecule has 1 saturated heterocycles. The number of rotatable bonds is 4. The Morgan fingerprint density at radius 3 is 2.74 bits per heavy atom. The van der Waals surface area contributed by atoms with E-state index in [0.29, 0.717) is 6.54 Å². The number of likely N-dealkylation sites (tertiary alicyclic amines) is 1. The van der Waals surface area contributed by atoms with Gasteiger partial charge in [0.05, 0.1) is 0 Å². The largest absolute Gasteiger partial charge is 0.445 e. The number of benzene rings is 1. The highest BCUT2D eigenvalue weighted by Gasteiger charge is 2.18. The summed E-state index contributed by atoms with van der Waals surface area (Å²) in [5.41, 5.74) is 0.915. The van der Waals surface area contributed by atoms with Crippen LogP contribution >= 0.6 is 0 Å². The topological polar surface area (TPSA) is 58.6 Å². The smallest absolute Gasteiger partial charge is 0.407 e. The van der Waals surface area contributed by atoms with E-state index in [1.165, 1.54) is 0 Å². The summed E-state index contributed by atoms with van der Waals surface area (Å²) in [6.07, 6.45) is 2.40. The molecule has 0 aromatic heterocycles. The first kappa shape index (κ1) is 13.4. The summed E-state index contributed by atoms with van der Waals surface area (Å²) in [7, 11) is 0. The molecule has 0 atom stereocenters. The van der Waals surface area contributed by atoms with Crippen LogP contribution in [0.2, 0.25) is 0 Å². The maximum atomic E-state index is 11.7. The average Bonchev–Trinajstić information content (AvgIpc) is 2.98. The molecule has 1 radical (unpaired) electrons. The van der Waals surface area contributed by atoms with Crippen LogP contribution < -0.4 is 5.32 Å². The van der Waals surface area contributed by atoms with Crippen LogP contribution in [0, 0.1) is 6.42 Å². The second-order valence-corrected chi connectivity index (χ2v) is 4.33. The summed E-state index contributed by atoms with van der Waals surface area (Å²) in [6.45, 7) is 1.60. The third-order valence-electron chi connectivity index (χ3n) is 2.90. The molecule has 1 aliphatic heterocycles. The summed E-state index contributed by atoms with van der Waals surface area (Å²) in [6, 6.07) is 9.40. The van der Waals surface area contributed by atoms with E-state index in [-0.39, 0.29) is 19.1 Å². The minimum Gasteiger partial charge on any atom is -0.445 e. The Labute approximate surface area is 112 Å². The van der Waals surface area contributed by atoms with Crippen LogP contribution in [0.5, 0.6) is 0 Å². The van der Waals surface area contributed by atoms with Gasteiger partial charge in [-0.25, -0.2) is 4.79 Å². The van der Waals surface area contributed by atoms with Crippen molar-refractivity contribution in [1.29, 1.82) is 0 Å². The Morgan fingerprint density at radius 1 is 1.26 bits per heavy atom. The molecule has 101 valence electrons. The number of ether oxygens (including phenoxy) is 1. The van der Waals surface area contributed by atoms with Crippen LogP contribution in [0.3, 0.4) is 0 Å². The number of carbonyl (C=O) groups excluding carboxylic acids is 2. The van der Waals surface area contributed by atoms with E-state index >= 15 is 0 Å². The van der Waals surface area contributed by atoms with Crippen molar-refractivity contribution in [1.82, 2.24) is 10.2 Å². The molecule has 1 N–H and O–H groups in total. The number of hydrogen-bond acceptors (Lipinski definition) is 3. The van der Waals surface area contributed by atoms with E-state index in [2.05, 4.69) is 5.32 Å². The summed E-state index contributed by atoms with van der Waals surface area (Å²) in [5.74, 6) is -0.0783. The first-order valence-corrected chi connectivity index (χ1v) is 6.29. The number of amides is 2. The van der Waals surface area contributed by atoms with Crippen molar-refractivity contribution in [3.8, 4) is 0 Å². The van der Waals surface area contributed by atoms with Crippen molar-refractivity contribution >= 4 is 12.0 Å². The number of nitrogens with zero attached hydrogens (tertiary/aromatic N) is 1. The van der Waals surface area contributed by atoms with E-state index in [4.69, 9.17) is 4.74 Å². The van der Waals surface area contributed by atoms with Gasteiger partial charge >= 0.3 is 6.09 Å². The Hall–Kier alpha value is -2.04. The molecule has 0 aliphatic carbocycles. The predicted molar refractivity (Wildman–Crippen MR) is 70.1 cm³/mol. The van der Waals surface area contributed by atoms with E-state index in [1.54, 1.807) is 4.90 Å². The fourth-order valence-corrected chi connectivity index (χ4v) is 1.85. The summed E-state index contributed by atoms with van der Waals surface area (Å²) >= 11 is 0. The van der Waals surface area contributed by atoms with Gasteiger partial charge in [0.25, 0.3) is 0 Å². The van der Waals surface area contributed by atoms with Crippen molar-refractivity contribution in [3.63, 3.8) is 0 Å². The second-order valence-electron chi connectivity index (χ2n) is 4.33. The van der Waals surface area contributed by atoms with Crippen LogP contribution in [0.25, 0.3) is 0 Å². The zero-order chi connectivity index (χ0) is 13.5. The molecular formula is C14H17N2O3. The average molecular weight is 261 g/mol. The maximum absolute atomic E-state index is 11.7. The minimum atomic E-state index is -0.569. The third kappa shape index (κ3) is 4.28. The van der Waals surface area contributed by atoms with Crippen LogP contribution in [-0.4, -0.2) is 36.5 Å². The molecule has 0 unspecified atom stereocenters. The fraction of sp³-hybridized carbons (Fsp3) is 0.357. The van der Waals surface area contributed by atoms with Gasteiger partial charge in [-0.05, 0) is 18.4 Å². The van der Waals surface area contributed by atoms with Crippen molar-refractivity contribution in [3.05, 3.63) is 42.3 Å². The fourth-order valence-electron chi connectivity index (χ4n) is 1.85. The van der Waals surface area contributed by atoms with E-state index in [9.17, 15) is 9.59 Å². The Balaban J connectivity index is 1.65. The molecule has 0 spiro atoms. The van der Waals surface area contributed by atoms with Gasteiger partial charge in [-0.2, -0.15) is 0 Å². The highest BCUT2D eigenvalue weighted by atomic mass is 16.5. The molecule has 0 saturated carbocycles. The van der Waals surface area contributed by atoms with Gasteiger partial charge in [0, 0.05) is 13.1 Å². The predicted octanol–water partition coefficient (Wildman–Crippen LogP) is 1.35. The molecule has 5 nitrogen and oxygen atoms in total. The molecule has 1 aromatic rings. The first-order chi connectivity index (χ1) is 9.25. The normalized spacial score (nSPS) is 14.2. The second kappa shape index (κ2) is 6.78. The molecule has 1 fully saturated rings. The lowest BCUT2D eigenvalue weighted by atomic mass is 10.2. The number of alkyl carbamates (subject to hydrolysis) is 1. The molecule has 1 heterocycles. The molecule has 0 bridgehead atoms. The van der Waals surface area contributed by atoms with Crippen molar-refractivity contribution in [2.24, 2.45) is 0 Å². The van der Waals surface area contributed by atoms with E-state index in [0.717, 1.165) is 18.5 Å². The van der Waals surface area contributed by atoms with Crippen LogP contribution in [0.4, 0.5) is 4.79 Å². The number of hydrogen-bond donors (Lipinski definition) is 1. The zero-order valence-electron chi connectivity index (χ0n) is 10.7. The lowest BCUT2D eigenvalue weighted by molar-refractivity contribution is -0.128. The Kier molecular flexibility index (Phi) is 4.78. The summed E-state index contributed by atoms with van der Waals surface area (Å²) in [5, 5.41) is 2.46. The van der Waals surface area contributed by atoms with Crippen LogP contribution in [0.15, 0.2) is 30.3 Å². The highest BCUT2D eigenvalue weighted by molar-refractivity contribution is 5.82. The molecule has 2 amide bonds. The van der Waals surface area contributed by atoms with Gasteiger partial charge in [0.1, 0.15) is 13.2 Å². The molecule has 19 heavy (non-hydrogen) atoms. The van der Waals surface area contributed by atoms with Crippen LogP contribution in [-0.2, 0) is 16.1 Å². The maximum Gasteiger partial charge on any atom is 0.407 e. The van der Waals surface area contributed by atoms with Crippen LogP contribution in [0.1, 0.15) is 12.0 Å². The lowest BCUT2D eigenvalue weighted by Crippen LogP contribution is -2.38. The Bertz CT molecular complexity index is 428. The van der Waals surface area contributed by atoms with Crippen molar-refractivity contribution in [2.75, 3.05) is 19.6 Å². The Morgan fingerprint density at radius 2 is 2.05 bits per heavy atom. The van der Waals surface area contributed by atoms with E-state index in [1.807, 2.05) is 36.8 Å². The highest BCUT2D eigenvalue weighted by Crippen LogP contribution is 2.05. The standard InChI is InChI=1S/C14H17N2O3/c17-13(16-8-4-5-9-16)10-15-14(18)19-11-12-6-2-1-3-7-12/h1-4,6-7H,5,8-11H2,(H,15,18). The summed E-state index contributed by atoms with van der Waals surface area (Å²) in [4.78, 5) is 24.8. The summed E-state index contributed by atoms with van der Waals surface area (Å²) < 4.78 is 5.01. The third-order valence-corrected chi connectivity index (χ3v) is 2.90. The van der Waals surface area contributed by atoms with Gasteiger partial charge in [0.2, 0.25) is 5.91 Å². The monoisotopic (exact) mass is 261 g/mol. The molecule has 1 aromatic carbocycles. The molecule has 2 rings (SSSR count). The SMILES string of the molecule is O=C(NCC(=O)N1C[CH]CC1)OCc1ccccc1. The molecular weight excluding hydrogens is 244 g/mol. The quantitative estimate of drug-likeness (QED) is 0.890. The molecule has 5 heteroatoms. The van der Waals surface area contributed by atoms with Crippen molar-refractivity contribution in [2.45, 2.75) is 13.0 Å².